The third kappa shape index (κ3) is 3.58. The van der Waals surface area contributed by atoms with Gasteiger partial charge >= 0.3 is 0 Å². The van der Waals surface area contributed by atoms with E-state index in [1.807, 2.05) is 0 Å². The molecule has 0 amide bonds. The van der Waals surface area contributed by atoms with E-state index in [0.29, 0.717) is 0 Å². The van der Waals surface area contributed by atoms with Crippen molar-refractivity contribution in [2.75, 3.05) is 29.9 Å². The van der Waals surface area contributed by atoms with Gasteiger partial charge in [-0.2, -0.15) is 0 Å². The Bertz CT molecular complexity index is 991. The second-order valence-electron chi connectivity index (χ2n) is 8.54. The smallest absolute Gasteiger partial charge is 0.139 e. The molecule has 2 aromatic carbocycles. The molecule has 1 fully saturated rings. The van der Waals surface area contributed by atoms with Crippen LogP contribution in [0.15, 0.2) is 67.0 Å². The third-order valence-corrected chi connectivity index (χ3v) is 6.11. The van der Waals surface area contributed by atoms with Crippen LogP contribution in [-0.4, -0.2) is 40.5 Å². The average Bonchev–Trinajstić information content (AvgIpc) is 3.39. The molecule has 148 valence electrons. The Morgan fingerprint density at radius 3 is 2.34 bits per heavy atom. The molecule has 0 bridgehead atoms. The summed E-state index contributed by atoms with van der Waals surface area (Å²) in [6.45, 7) is 7.10. The van der Waals surface area contributed by atoms with E-state index in [4.69, 9.17) is 9.97 Å². The summed E-state index contributed by atoms with van der Waals surface area (Å²) in [4.78, 5) is 16.7. The highest BCUT2D eigenvalue weighted by molar-refractivity contribution is 5.62. The second kappa shape index (κ2) is 7.16. The molecule has 0 radical (unpaired) electrons. The zero-order valence-electron chi connectivity index (χ0n) is 17.1. The Labute approximate surface area is 172 Å². The standard InChI is InChI=1S/C24H27N5/c1-24-16-28(14-20-11-7-4-8-12-20)23-21(15-29(24)17-24)22(25-18-26-23)27(2)13-19-9-5-3-6-10-19/h3-12,18H,13-17H2,1-2H3/t24-,29?/m0/s1. The van der Waals surface area contributed by atoms with Crippen LogP contribution in [0.4, 0.5) is 11.6 Å². The highest BCUT2D eigenvalue weighted by atomic mass is 15.4. The predicted octanol–water partition coefficient (Wildman–Crippen LogP) is 3.71. The summed E-state index contributed by atoms with van der Waals surface area (Å²) in [6.07, 6.45) is 1.72. The number of rotatable bonds is 5. The first-order valence-electron chi connectivity index (χ1n) is 10.3. The normalized spacial score (nSPS) is 22.4. The van der Waals surface area contributed by atoms with Gasteiger partial charge in [0, 0.05) is 45.3 Å². The van der Waals surface area contributed by atoms with Crippen molar-refractivity contribution in [1.29, 1.82) is 0 Å². The molecule has 0 aliphatic carbocycles. The molecule has 1 unspecified atom stereocenters. The second-order valence-corrected chi connectivity index (χ2v) is 8.54. The van der Waals surface area contributed by atoms with Crippen molar-refractivity contribution >= 4 is 11.6 Å². The summed E-state index contributed by atoms with van der Waals surface area (Å²) in [5, 5.41) is 0. The molecule has 2 aliphatic rings. The van der Waals surface area contributed by atoms with Gasteiger partial charge in [-0.05, 0) is 18.1 Å². The zero-order valence-corrected chi connectivity index (χ0v) is 17.1. The Morgan fingerprint density at radius 1 is 0.931 bits per heavy atom. The Kier molecular flexibility index (Phi) is 4.47. The molecule has 5 rings (SSSR count). The molecule has 0 saturated carbocycles. The number of anilines is 2. The molecular formula is C24H27N5. The summed E-state index contributed by atoms with van der Waals surface area (Å²) in [5.74, 6) is 2.11. The van der Waals surface area contributed by atoms with E-state index in [2.05, 4.69) is 89.3 Å². The fourth-order valence-corrected chi connectivity index (χ4v) is 4.45. The van der Waals surface area contributed by atoms with Crippen LogP contribution in [0.5, 0.6) is 0 Å². The third-order valence-electron chi connectivity index (χ3n) is 6.11. The zero-order chi connectivity index (χ0) is 19.8. The van der Waals surface area contributed by atoms with Gasteiger partial charge in [0.15, 0.2) is 0 Å². The summed E-state index contributed by atoms with van der Waals surface area (Å²) in [7, 11) is 2.13. The molecule has 5 heteroatoms. The Hall–Kier alpha value is -2.92. The lowest BCUT2D eigenvalue weighted by Crippen LogP contribution is -2.34. The van der Waals surface area contributed by atoms with Crippen molar-refractivity contribution in [1.82, 2.24) is 14.9 Å². The predicted molar refractivity (Wildman–Crippen MR) is 117 cm³/mol. The minimum absolute atomic E-state index is 0.227. The van der Waals surface area contributed by atoms with E-state index < -0.39 is 0 Å². The number of hydrogen-bond donors (Lipinski definition) is 0. The summed E-state index contributed by atoms with van der Waals surface area (Å²) < 4.78 is 0. The van der Waals surface area contributed by atoms with Crippen molar-refractivity contribution < 1.29 is 0 Å². The van der Waals surface area contributed by atoms with Gasteiger partial charge in [-0.3, -0.25) is 4.90 Å². The maximum Gasteiger partial charge on any atom is 0.139 e. The van der Waals surface area contributed by atoms with Crippen LogP contribution in [0.3, 0.4) is 0 Å². The molecule has 5 nitrogen and oxygen atoms in total. The number of hydrogen-bond acceptors (Lipinski definition) is 5. The van der Waals surface area contributed by atoms with E-state index in [9.17, 15) is 0 Å². The highest BCUT2D eigenvalue weighted by Gasteiger charge is 2.51. The van der Waals surface area contributed by atoms with Gasteiger partial charge in [0.05, 0.1) is 5.56 Å². The van der Waals surface area contributed by atoms with Crippen molar-refractivity contribution in [2.24, 2.45) is 0 Å². The number of aromatic nitrogens is 2. The molecule has 2 atom stereocenters. The number of nitrogens with zero attached hydrogens (tertiary/aromatic N) is 5. The van der Waals surface area contributed by atoms with Crippen LogP contribution in [-0.2, 0) is 19.6 Å². The minimum atomic E-state index is 0.227. The maximum absolute atomic E-state index is 4.75. The molecule has 2 aliphatic heterocycles. The van der Waals surface area contributed by atoms with E-state index in [1.165, 1.54) is 16.7 Å². The lowest BCUT2D eigenvalue weighted by molar-refractivity contribution is 0.429. The molecule has 1 aromatic heterocycles. The first-order valence-corrected chi connectivity index (χ1v) is 10.3. The minimum Gasteiger partial charge on any atom is -0.355 e. The van der Waals surface area contributed by atoms with Crippen LogP contribution in [0, 0.1) is 0 Å². The Balaban J connectivity index is 1.49. The largest absolute Gasteiger partial charge is 0.355 e. The molecule has 0 spiro atoms. The lowest BCUT2D eigenvalue weighted by atomic mass is 10.1. The van der Waals surface area contributed by atoms with Crippen molar-refractivity contribution in [3.63, 3.8) is 0 Å². The molecule has 3 heterocycles. The van der Waals surface area contributed by atoms with Crippen LogP contribution in [0.2, 0.25) is 0 Å². The van der Waals surface area contributed by atoms with E-state index >= 15 is 0 Å². The molecule has 3 aromatic rings. The molecule has 29 heavy (non-hydrogen) atoms. The van der Waals surface area contributed by atoms with E-state index in [1.54, 1.807) is 6.33 Å². The van der Waals surface area contributed by atoms with Gasteiger partial charge in [0.25, 0.3) is 0 Å². The molecule has 1 saturated heterocycles. The van der Waals surface area contributed by atoms with Crippen LogP contribution in [0.25, 0.3) is 0 Å². The van der Waals surface area contributed by atoms with E-state index in [0.717, 1.165) is 44.4 Å². The number of benzene rings is 2. The highest BCUT2D eigenvalue weighted by Crippen LogP contribution is 2.42. The van der Waals surface area contributed by atoms with Crippen LogP contribution < -0.4 is 9.80 Å². The lowest BCUT2D eigenvalue weighted by Gasteiger charge is -2.28. The quantitative estimate of drug-likeness (QED) is 0.626. The van der Waals surface area contributed by atoms with Crippen LogP contribution >= 0.6 is 0 Å². The van der Waals surface area contributed by atoms with Gasteiger partial charge in [-0.1, -0.05) is 60.7 Å². The van der Waals surface area contributed by atoms with Gasteiger partial charge in [-0.15, -0.1) is 0 Å². The van der Waals surface area contributed by atoms with Crippen molar-refractivity contribution in [3.05, 3.63) is 83.7 Å². The topological polar surface area (TPSA) is 35.3 Å². The Morgan fingerprint density at radius 2 is 1.62 bits per heavy atom. The van der Waals surface area contributed by atoms with Gasteiger partial charge < -0.3 is 9.80 Å². The fourth-order valence-electron chi connectivity index (χ4n) is 4.45. The average molecular weight is 386 g/mol. The summed E-state index contributed by atoms with van der Waals surface area (Å²) >= 11 is 0. The summed E-state index contributed by atoms with van der Waals surface area (Å²) in [5.41, 5.74) is 4.07. The first-order chi connectivity index (χ1) is 14.1. The van der Waals surface area contributed by atoms with Gasteiger partial charge in [-0.25, -0.2) is 9.97 Å². The SMILES string of the molecule is CN(Cc1ccccc1)c1ncnc2c1CN1C[C@]1(C)CN2Cc1ccccc1. The molecule has 0 N–H and O–H groups in total. The maximum atomic E-state index is 4.75. The fraction of sp³-hybridized carbons (Fsp3) is 0.333. The van der Waals surface area contributed by atoms with Gasteiger partial charge in [0.2, 0.25) is 0 Å². The molecular weight excluding hydrogens is 358 g/mol. The monoisotopic (exact) mass is 385 g/mol. The van der Waals surface area contributed by atoms with Crippen LogP contribution in [0.1, 0.15) is 23.6 Å². The van der Waals surface area contributed by atoms with Crippen molar-refractivity contribution in [2.45, 2.75) is 32.1 Å². The first kappa shape index (κ1) is 18.1. The summed E-state index contributed by atoms with van der Waals surface area (Å²) in [6, 6.07) is 21.3. The van der Waals surface area contributed by atoms with Gasteiger partial charge in [0.1, 0.15) is 18.0 Å². The van der Waals surface area contributed by atoms with Crippen molar-refractivity contribution in [3.8, 4) is 0 Å². The van der Waals surface area contributed by atoms with E-state index in [-0.39, 0.29) is 5.54 Å². The number of fused-ring (bicyclic) bond motifs is 2.